The van der Waals surface area contributed by atoms with Gasteiger partial charge in [-0.25, -0.2) is 4.79 Å². The second kappa shape index (κ2) is 7.25. The first-order valence-electron chi connectivity index (χ1n) is 10.4. The van der Waals surface area contributed by atoms with Crippen molar-refractivity contribution < 1.29 is 13.2 Å². The van der Waals surface area contributed by atoms with Crippen LogP contribution in [0.2, 0.25) is 0 Å². The van der Waals surface area contributed by atoms with Gasteiger partial charge in [-0.1, -0.05) is 12.1 Å². The lowest BCUT2D eigenvalue weighted by Crippen LogP contribution is -2.20. The third kappa shape index (κ3) is 3.36. The molecule has 0 bridgehead atoms. The predicted molar refractivity (Wildman–Crippen MR) is 116 cm³/mol. The molecule has 0 amide bonds. The Kier molecular flexibility index (Phi) is 4.62. The van der Waals surface area contributed by atoms with Crippen molar-refractivity contribution in [3.8, 4) is 16.9 Å². The van der Waals surface area contributed by atoms with Crippen LogP contribution < -0.4 is 11.2 Å². The second-order valence-corrected chi connectivity index (χ2v) is 8.05. The van der Waals surface area contributed by atoms with E-state index in [0.29, 0.717) is 29.4 Å². The van der Waals surface area contributed by atoms with Crippen LogP contribution >= 0.6 is 0 Å². The molecular formula is C24H20F3N3O2. The number of benzene rings is 2. The summed E-state index contributed by atoms with van der Waals surface area (Å²) in [5, 5.41) is 0.915. The Hall–Kier alpha value is -3.55. The number of alkyl halides is 3. The van der Waals surface area contributed by atoms with E-state index in [-0.39, 0.29) is 5.56 Å². The standard InChI is InChI=1S/C24H20F3N3O2/c1-2-29-20-10-9-17(11-19(20)18(12-22(29)31)14-3-4-14)30-21(13-28-23(30)32)15-5-7-16(8-6-15)24(25,26)27/h5-14H,2-4H2,1H3,(H,28,32). The van der Waals surface area contributed by atoms with Gasteiger partial charge >= 0.3 is 11.9 Å². The number of hydrogen-bond donors (Lipinski definition) is 1. The molecule has 1 fully saturated rings. The Labute approximate surface area is 180 Å². The molecule has 0 spiro atoms. The van der Waals surface area contributed by atoms with Crippen LogP contribution in [0.25, 0.3) is 27.8 Å². The fourth-order valence-electron chi connectivity index (χ4n) is 4.26. The second-order valence-electron chi connectivity index (χ2n) is 8.05. The predicted octanol–water partition coefficient (Wildman–Crippen LogP) is 5.06. The molecule has 1 aliphatic carbocycles. The lowest BCUT2D eigenvalue weighted by atomic mass is 10.0. The molecule has 2 aromatic heterocycles. The molecule has 0 aliphatic heterocycles. The first-order chi connectivity index (χ1) is 15.3. The zero-order valence-corrected chi connectivity index (χ0v) is 17.2. The largest absolute Gasteiger partial charge is 0.416 e. The molecule has 4 aromatic rings. The molecule has 1 saturated carbocycles. The molecule has 8 heteroatoms. The molecule has 164 valence electrons. The number of hydrogen-bond acceptors (Lipinski definition) is 2. The van der Waals surface area contributed by atoms with Gasteiger partial charge in [0, 0.05) is 29.8 Å². The van der Waals surface area contributed by atoms with Crippen LogP contribution in [-0.4, -0.2) is 14.1 Å². The minimum atomic E-state index is -4.43. The number of imidazole rings is 1. The fourth-order valence-corrected chi connectivity index (χ4v) is 4.26. The molecule has 5 nitrogen and oxygen atoms in total. The van der Waals surface area contributed by atoms with Gasteiger partial charge in [-0.2, -0.15) is 13.2 Å². The first kappa shape index (κ1) is 20.4. The number of rotatable bonds is 4. The highest BCUT2D eigenvalue weighted by atomic mass is 19.4. The number of H-pyrrole nitrogens is 1. The van der Waals surface area contributed by atoms with Gasteiger partial charge in [0.2, 0.25) is 0 Å². The average Bonchev–Trinajstić information content (AvgIpc) is 3.54. The van der Waals surface area contributed by atoms with Gasteiger partial charge in [0.15, 0.2) is 0 Å². The van der Waals surface area contributed by atoms with Crippen molar-refractivity contribution in [3.05, 3.63) is 86.7 Å². The van der Waals surface area contributed by atoms with Crippen molar-refractivity contribution in [3.63, 3.8) is 0 Å². The molecular weight excluding hydrogens is 419 g/mol. The first-order valence-corrected chi connectivity index (χ1v) is 10.4. The van der Waals surface area contributed by atoms with Crippen LogP contribution in [0.5, 0.6) is 0 Å². The van der Waals surface area contributed by atoms with Crippen molar-refractivity contribution in [2.45, 2.75) is 38.4 Å². The van der Waals surface area contributed by atoms with E-state index in [4.69, 9.17) is 0 Å². The van der Waals surface area contributed by atoms with Crippen LogP contribution in [0, 0.1) is 0 Å². The van der Waals surface area contributed by atoms with Gasteiger partial charge in [0.05, 0.1) is 22.5 Å². The smallest absolute Gasteiger partial charge is 0.312 e. The molecule has 0 radical (unpaired) electrons. The Morgan fingerprint density at radius 3 is 2.38 bits per heavy atom. The molecule has 0 unspecified atom stereocenters. The maximum atomic E-state index is 12.9. The number of aryl methyl sites for hydroxylation is 1. The van der Waals surface area contributed by atoms with Gasteiger partial charge in [-0.05, 0) is 61.6 Å². The highest BCUT2D eigenvalue weighted by Crippen LogP contribution is 2.43. The third-order valence-electron chi connectivity index (χ3n) is 6.00. The number of pyridine rings is 1. The summed E-state index contributed by atoms with van der Waals surface area (Å²) in [6, 6.07) is 11.9. The Morgan fingerprint density at radius 1 is 1.03 bits per heavy atom. The Morgan fingerprint density at radius 2 is 1.75 bits per heavy atom. The fraction of sp³-hybridized carbons (Fsp3) is 0.250. The van der Waals surface area contributed by atoms with E-state index in [9.17, 15) is 22.8 Å². The van der Waals surface area contributed by atoms with Crippen molar-refractivity contribution in [1.82, 2.24) is 14.1 Å². The van der Waals surface area contributed by atoms with Gasteiger partial charge < -0.3 is 9.55 Å². The van der Waals surface area contributed by atoms with Crippen molar-refractivity contribution in [2.75, 3.05) is 0 Å². The van der Waals surface area contributed by atoms with Crippen LogP contribution in [0.15, 0.2) is 64.3 Å². The maximum absolute atomic E-state index is 12.9. The molecule has 1 aliphatic rings. The summed E-state index contributed by atoms with van der Waals surface area (Å²) in [7, 11) is 0. The zero-order valence-electron chi connectivity index (χ0n) is 17.2. The van der Waals surface area contributed by atoms with Crippen molar-refractivity contribution >= 4 is 10.9 Å². The van der Waals surface area contributed by atoms with Crippen molar-refractivity contribution in [2.24, 2.45) is 0 Å². The highest BCUT2D eigenvalue weighted by Gasteiger charge is 2.30. The van der Waals surface area contributed by atoms with E-state index in [1.54, 1.807) is 16.7 Å². The number of fused-ring (bicyclic) bond motifs is 1. The lowest BCUT2D eigenvalue weighted by Gasteiger charge is -2.15. The van der Waals surface area contributed by atoms with Crippen LogP contribution in [0.4, 0.5) is 13.2 Å². The van der Waals surface area contributed by atoms with Gasteiger partial charge in [-0.3, -0.25) is 9.36 Å². The SMILES string of the molecule is CCn1c(=O)cc(C2CC2)c2cc(-n3c(-c4ccc(C(F)(F)F)cc4)c[nH]c3=O)ccc21. The molecule has 2 aromatic carbocycles. The molecule has 1 N–H and O–H groups in total. The number of nitrogens with zero attached hydrogens (tertiary/aromatic N) is 2. The lowest BCUT2D eigenvalue weighted by molar-refractivity contribution is -0.137. The van der Waals surface area contributed by atoms with E-state index in [1.807, 2.05) is 19.1 Å². The molecule has 2 heterocycles. The topological polar surface area (TPSA) is 59.8 Å². The minimum Gasteiger partial charge on any atom is -0.312 e. The number of aromatic amines is 1. The van der Waals surface area contributed by atoms with E-state index in [2.05, 4.69) is 4.98 Å². The molecule has 0 atom stereocenters. The normalized spacial score (nSPS) is 14.2. The zero-order chi connectivity index (χ0) is 22.6. The Bertz CT molecular complexity index is 1440. The summed E-state index contributed by atoms with van der Waals surface area (Å²) in [6.07, 6.45) is -0.890. The molecule has 5 rings (SSSR count). The van der Waals surface area contributed by atoms with Gasteiger partial charge in [0.25, 0.3) is 5.56 Å². The number of aromatic nitrogens is 3. The quantitative estimate of drug-likeness (QED) is 0.483. The van der Waals surface area contributed by atoms with E-state index >= 15 is 0 Å². The maximum Gasteiger partial charge on any atom is 0.416 e. The van der Waals surface area contributed by atoms with Crippen LogP contribution in [0.1, 0.15) is 36.8 Å². The van der Waals surface area contributed by atoms with Crippen LogP contribution in [-0.2, 0) is 12.7 Å². The van der Waals surface area contributed by atoms with E-state index in [1.165, 1.54) is 22.9 Å². The third-order valence-corrected chi connectivity index (χ3v) is 6.00. The summed E-state index contributed by atoms with van der Waals surface area (Å²) >= 11 is 0. The number of nitrogens with one attached hydrogen (secondary N) is 1. The van der Waals surface area contributed by atoms with Gasteiger partial charge in [0.1, 0.15) is 0 Å². The number of halogens is 3. The summed E-state index contributed by atoms with van der Waals surface area (Å²) in [5.74, 6) is 0.337. The Balaban J connectivity index is 1.68. The van der Waals surface area contributed by atoms with E-state index in [0.717, 1.165) is 41.4 Å². The summed E-state index contributed by atoms with van der Waals surface area (Å²) in [4.78, 5) is 27.8. The monoisotopic (exact) mass is 439 g/mol. The summed E-state index contributed by atoms with van der Waals surface area (Å²) in [5.41, 5.74) is 2.14. The molecule has 32 heavy (non-hydrogen) atoms. The van der Waals surface area contributed by atoms with Gasteiger partial charge in [-0.15, -0.1) is 0 Å². The highest BCUT2D eigenvalue weighted by molar-refractivity contribution is 5.86. The van der Waals surface area contributed by atoms with Crippen molar-refractivity contribution in [1.29, 1.82) is 0 Å². The summed E-state index contributed by atoms with van der Waals surface area (Å²) < 4.78 is 41.9. The molecule has 0 saturated heterocycles. The average molecular weight is 439 g/mol. The summed E-state index contributed by atoms with van der Waals surface area (Å²) in [6.45, 7) is 2.44. The van der Waals surface area contributed by atoms with E-state index < -0.39 is 17.4 Å². The minimum absolute atomic E-state index is 0.0427. The van der Waals surface area contributed by atoms with Crippen LogP contribution in [0.3, 0.4) is 0 Å².